The summed E-state index contributed by atoms with van der Waals surface area (Å²) in [5, 5.41) is 0.893. The van der Waals surface area contributed by atoms with Gasteiger partial charge in [0.05, 0.1) is 11.1 Å². The second kappa shape index (κ2) is 5.64. The molecule has 2 aromatic carbocycles. The second-order valence-electron chi connectivity index (χ2n) is 5.14. The molecule has 22 heavy (non-hydrogen) atoms. The van der Waals surface area contributed by atoms with E-state index in [2.05, 4.69) is 4.98 Å². The van der Waals surface area contributed by atoms with Crippen LogP contribution >= 0.6 is 0 Å². The third kappa shape index (κ3) is 2.60. The molecule has 0 N–H and O–H groups in total. The Labute approximate surface area is 126 Å². The Morgan fingerprint density at radius 1 is 1.00 bits per heavy atom. The van der Waals surface area contributed by atoms with Gasteiger partial charge in [-0.15, -0.1) is 0 Å². The van der Waals surface area contributed by atoms with E-state index in [0.717, 1.165) is 23.2 Å². The Hall–Kier alpha value is -2.62. The molecule has 0 bridgehead atoms. The summed E-state index contributed by atoms with van der Waals surface area (Å²) in [6.07, 6.45) is -0.0916. The van der Waals surface area contributed by atoms with Gasteiger partial charge in [0.1, 0.15) is 11.6 Å². The van der Waals surface area contributed by atoms with E-state index in [9.17, 15) is 13.6 Å². The van der Waals surface area contributed by atoms with Crippen LogP contribution in [0.1, 0.15) is 21.6 Å². The fraction of sp³-hybridized carbons (Fsp3) is 0.111. The molecule has 1 heterocycles. The van der Waals surface area contributed by atoms with Crippen LogP contribution < -0.4 is 0 Å². The summed E-state index contributed by atoms with van der Waals surface area (Å²) in [5.41, 5.74) is 1.68. The van der Waals surface area contributed by atoms with Crippen LogP contribution in [-0.4, -0.2) is 10.8 Å². The van der Waals surface area contributed by atoms with Crippen LogP contribution in [0.15, 0.2) is 48.5 Å². The number of hydrogen-bond donors (Lipinski definition) is 0. The molecule has 3 aromatic rings. The number of pyridine rings is 1. The molecule has 0 unspecified atom stereocenters. The van der Waals surface area contributed by atoms with Crippen LogP contribution in [-0.2, 0) is 6.42 Å². The van der Waals surface area contributed by atoms with Crippen molar-refractivity contribution in [1.82, 2.24) is 4.98 Å². The summed E-state index contributed by atoms with van der Waals surface area (Å²) < 4.78 is 27.4. The molecule has 0 saturated heterocycles. The summed E-state index contributed by atoms with van der Waals surface area (Å²) in [6.45, 7) is 1.86. The van der Waals surface area contributed by atoms with Gasteiger partial charge >= 0.3 is 0 Å². The van der Waals surface area contributed by atoms with Gasteiger partial charge in [-0.2, -0.15) is 0 Å². The number of halogens is 2. The zero-order valence-corrected chi connectivity index (χ0v) is 11.9. The van der Waals surface area contributed by atoms with Crippen LogP contribution in [0.2, 0.25) is 0 Å². The molecule has 2 nitrogen and oxygen atoms in total. The number of aryl methyl sites for hydroxylation is 1. The smallest absolute Gasteiger partial charge is 0.173 e. The molecule has 3 rings (SSSR count). The maximum absolute atomic E-state index is 13.7. The number of hydrogen-bond acceptors (Lipinski definition) is 2. The summed E-state index contributed by atoms with van der Waals surface area (Å²) in [6, 6.07) is 12.7. The number of aromatic nitrogens is 1. The van der Waals surface area contributed by atoms with Crippen molar-refractivity contribution in [1.29, 1.82) is 0 Å². The molecule has 110 valence electrons. The molecule has 0 aliphatic carbocycles. The third-order valence-corrected chi connectivity index (χ3v) is 3.54. The van der Waals surface area contributed by atoms with Crippen molar-refractivity contribution in [2.45, 2.75) is 13.3 Å². The molecule has 0 saturated carbocycles. The van der Waals surface area contributed by atoms with Crippen molar-refractivity contribution in [3.63, 3.8) is 0 Å². The second-order valence-corrected chi connectivity index (χ2v) is 5.14. The van der Waals surface area contributed by atoms with Gasteiger partial charge in [-0.1, -0.05) is 30.3 Å². The van der Waals surface area contributed by atoms with Crippen molar-refractivity contribution in [2.24, 2.45) is 0 Å². The van der Waals surface area contributed by atoms with Crippen LogP contribution in [0.3, 0.4) is 0 Å². The summed E-state index contributed by atoms with van der Waals surface area (Å²) in [5.74, 6) is -2.27. The first-order chi connectivity index (χ1) is 10.6. The lowest BCUT2D eigenvalue weighted by atomic mass is 9.99. The van der Waals surface area contributed by atoms with E-state index in [-0.39, 0.29) is 6.42 Å². The number of fused-ring (bicyclic) bond motifs is 1. The first kappa shape index (κ1) is 14.3. The number of carbonyl (C=O) groups excluding carboxylic acids is 1. The van der Waals surface area contributed by atoms with Crippen molar-refractivity contribution in [3.8, 4) is 0 Å². The first-order valence-corrected chi connectivity index (χ1v) is 6.89. The Kier molecular flexibility index (Phi) is 3.67. The minimum Gasteiger partial charge on any atom is -0.294 e. The van der Waals surface area contributed by atoms with Gasteiger partial charge in [-0.05, 0) is 30.7 Å². The molecular weight excluding hydrogens is 284 g/mol. The zero-order valence-electron chi connectivity index (χ0n) is 11.9. The van der Waals surface area contributed by atoms with E-state index in [1.807, 2.05) is 25.1 Å². The Morgan fingerprint density at radius 3 is 2.41 bits per heavy atom. The number of para-hydroxylation sites is 1. The van der Waals surface area contributed by atoms with E-state index in [1.165, 1.54) is 6.07 Å². The third-order valence-electron chi connectivity index (χ3n) is 3.54. The number of rotatable bonds is 3. The lowest BCUT2D eigenvalue weighted by Crippen LogP contribution is -2.09. The minimum absolute atomic E-state index is 0.0916. The van der Waals surface area contributed by atoms with Gasteiger partial charge in [-0.25, -0.2) is 8.78 Å². The fourth-order valence-corrected chi connectivity index (χ4v) is 2.47. The highest BCUT2D eigenvalue weighted by molar-refractivity contribution is 6.00. The van der Waals surface area contributed by atoms with Crippen LogP contribution in [0.5, 0.6) is 0 Å². The molecule has 0 amide bonds. The van der Waals surface area contributed by atoms with Gasteiger partial charge in [0.15, 0.2) is 5.78 Å². The standard InChI is InChI=1S/C18H13F2NO/c1-11-8-9-12-4-2-5-13(18(12)21-11)10-16(22)17-14(19)6-3-7-15(17)20/h2-9H,10H2,1H3. The predicted octanol–water partition coefficient (Wildman–Crippen LogP) is 4.25. The van der Waals surface area contributed by atoms with Crippen LogP contribution in [0.4, 0.5) is 8.78 Å². The highest BCUT2D eigenvalue weighted by Crippen LogP contribution is 2.21. The quantitative estimate of drug-likeness (QED) is 0.677. The number of carbonyl (C=O) groups is 1. The molecule has 0 radical (unpaired) electrons. The number of Topliss-reactive ketones (excluding diaryl/α,β-unsaturated/α-hetero) is 1. The summed E-state index contributed by atoms with van der Waals surface area (Å²) >= 11 is 0. The van der Waals surface area contributed by atoms with Gasteiger partial charge in [0, 0.05) is 17.5 Å². The van der Waals surface area contributed by atoms with Crippen molar-refractivity contribution < 1.29 is 13.6 Å². The first-order valence-electron chi connectivity index (χ1n) is 6.89. The van der Waals surface area contributed by atoms with Gasteiger partial charge in [-0.3, -0.25) is 9.78 Å². The van der Waals surface area contributed by atoms with Crippen LogP contribution in [0.25, 0.3) is 10.9 Å². The largest absolute Gasteiger partial charge is 0.294 e. The molecule has 0 fully saturated rings. The average molecular weight is 297 g/mol. The molecular formula is C18H13F2NO. The number of benzene rings is 2. The highest BCUT2D eigenvalue weighted by Gasteiger charge is 2.18. The van der Waals surface area contributed by atoms with Crippen molar-refractivity contribution in [3.05, 3.63) is 77.0 Å². The maximum atomic E-state index is 13.7. The lowest BCUT2D eigenvalue weighted by Gasteiger charge is -2.07. The van der Waals surface area contributed by atoms with Crippen LogP contribution in [0, 0.1) is 18.6 Å². The lowest BCUT2D eigenvalue weighted by molar-refractivity contribution is 0.0985. The zero-order chi connectivity index (χ0) is 15.7. The summed E-state index contributed by atoms with van der Waals surface area (Å²) in [7, 11) is 0. The van der Waals surface area contributed by atoms with Gasteiger partial charge in [0.25, 0.3) is 0 Å². The molecule has 4 heteroatoms. The molecule has 0 atom stereocenters. The Morgan fingerprint density at radius 2 is 1.68 bits per heavy atom. The fourth-order valence-electron chi connectivity index (χ4n) is 2.47. The molecule has 0 spiro atoms. The maximum Gasteiger partial charge on any atom is 0.173 e. The highest BCUT2D eigenvalue weighted by atomic mass is 19.1. The van der Waals surface area contributed by atoms with E-state index in [0.29, 0.717) is 11.1 Å². The Bertz CT molecular complexity index is 854. The predicted molar refractivity (Wildman–Crippen MR) is 80.9 cm³/mol. The SMILES string of the molecule is Cc1ccc2cccc(CC(=O)c3c(F)cccc3F)c2n1. The number of ketones is 1. The van der Waals surface area contributed by atoms with Gasteiger partial charge in [0.2, 0.25) is 0 Å². The van der Waals surface area contributed by atoms with E-state index >= 15 is 0 Å². The van der Waals surface area contributed by atoms with E-state index in [4.69, 9.17) is 0 Å². The van der Waals surface area contributed by atoms with E-state index in [1.54, 1.807) is 12.1 Å². The topological polar surface area (TPSA) is 30.0 Å². The van der Waals surface area contributed by atoms with Crippen molar-refractivity contribution >= 4 is 16.7 Å². The number of nitrogens with zero attached hydrogens (tertiary/aromatic N) is 1. The van der Waals surface area contributed by atoms with Crippen molar-refractivity contribution in [2.75, 3.05) is 0 Å². The normalized spacial score (nSPS) is 10.9. The summed E-state index contributed by atoms with van der Waals surface area (Å²) in [4.78, 5) is 16.7. The van der Waals surface area contributed by atoms with Gasteiger partial charge < -0.3 is 0 Å². The molecule has 0 aliphatic rings. The molecule has 0 aliphatic heterocycles. The van der Waals surface area contributed by atoms with E-state index < -0.39 is 23.0 Å². The Balaban J connectivity index is 2.03. The monoisotopic (exact) mass is 297 g/mol. The average Bonchev–Trinajstić information content (AvgIpc) is 2.47. The molecule has 1 aromatic heterocycles. The minimum atomic E-state index is -0.839.